The van der Waals surface area contributed by atoms with Gasteiger partial charge in [0.15, 0.2) is 5.78 Å². The number of likely N-dealkylation sites (tertiary alicyclic amines) is 1. The Bertz CT molecular complexity index is 615. The maximum Gasteiger partial charge on any atom is 0.224 e. The second-order valence-electron chi connectivity index (χ2n) is 7.32. The second kappa shape index (κ2) is 11.5. The topological polar surface area (TPSA) is 66.5 Å². The van der Waals surface area contributed by atoms with Crippen molar-refractivity contribution >= 4 is 17.6 Å². The molecule has 0 spiro atoms. The molecule has 0 saturated carbocycles. The Labute approximate surface area is 162 Å². The molecule has 1 fully saturated rings. The van der Waals surface area contributed by atoms with Crippen LogP contribution in [0.4, 0.5) is 0 Å². The van der Waals surface area contributed by atoms with E-state index in [1.54, 1.807) is 17.0 Å². The number of ketones is 1. The number of nitrogens with zero attached hydrogens (tertiary/aromatic N) is 1. The second-order valence-corrected chi connectivity index (χ2v) is 7.32. The molecule has 0 aromatic heterocycles. The Hall–Kier alpha value is -2.17. The van der Waals surface area contributed by atoms with Gasteiger partial charge in [0.25, 0.3) is 0 Å². The summed E-state index contributed by atoms with van der Waals surface area (Å²) in [5.41, 5.74) is 0.643. The van der Waals surface area contributed by atoms with Crippen molar-refractivity contribution in [3.05, 3.63) is 35.9 Å². The number of unbranched alkanes of at least 4 members (excludes halogenated alkanes) is 3. The average molecular weight is 373 g/mol. The molecular formula is C22H32N2O3. The van der Waals surface area contributed by atoms with Crippen LogP contribution in [0.2, 0.25) is 0 Å². The highest BCUT2D eigenvalue weighted by Crippen LogP contribution is 2.18. The predicted molar refractivity (Wildman–Crippen MR) is 106 cm³/mol. The Morgan fingerprint density at radius 1 is 1.07 bits per heavy atom. The summed E-state index contributed by atoms with van der Waals surface area (Å²) in [6, 6.07) is 9.06. The first-order valence-corrected chi connectivity index (χ1v) is 10.3. The first-order valence-electron chi connectivity index (χ1n) is 10.3. The lowest BCUT2D eigenvalue weighted by molar-refractivity contribution is -0.135. The largest absolute Gasteiger partial charge is 0.356 e. The number of rotatable bonds is 10. The van der Waals surface area contributed by atoms with Gasteiger partial charge in [0.2, 0.25) is 11.8 Å². The molecule has 1 heterocycles. The SMILES string of the molecule is CCCCCCNC(=O)C1CCCN(C(=O)CCC(=O)c2ccccc2)C1. The normalized spacial score (nSPS) is 16.8. The molecular weight excluding hydrogens is 340 g/mol. The maximum absolute atomic E-state index is 12.5. The molecule has 148 valence electrons. The Morgan fingerprint density at radius 3 is 2.59 bits per heavy atom. The summed E-state index contributed by atoms with van der Waals surface area (Å²) in [5, 5.41) is 3.01. The maximum atomic E-state index is 12.5. The molecule has 0 bridgehead atoms. The molecule has 0 aliphatic carbocycles. The standard InChI is InChI=1S/C22H32N2O3/c1-2-3-4-8-15-23-22(27)19-12-9-16-24(17-19)21(26)14-13-20(25)18-10-6-5-7-11-18/h5-7,10-11,19H,2-4,8-9,12-17H2,1H3,(H,23,27). The summed E-state index contributed by atoms with van der Waals surface area (Å²) < 4.78 is 0. The number of nitrogens with one attached hydrogen (secondary N) is 1. The molecule has 1 aromatic carbocycles. The lowest BCUT2D eigenvalue weighted by atomic mass is 9.96. The molecule has 2 rings (SSSR count). The number of piperidine rings is 1. The van der Waals surface area contributed by atoms with Gasteiger partial charge >= 0.3 is 0 Å². The monoisotopic (exact) mass is 372 g/mol. The fourth-order valence-electron chi connectivity index (χ4n) is 3.47. The molecule has 0 radical (unpaired) electrons. The zero-order valence-electron chi connectivity index (χ0n) is 16.4. The van der Waals surface area contributed by atoms with Gasteiger partial charge in [-0.1, -0.05) is 56.5 Å². The van der Waals surface area contributed by atoms with Crippen LogP contribution in [0.15, 0.2) is 30.3 Å². The summed E-state index contributed by atoms with van der Waals surface area (Å²) >= 11 is 0. The van der Waals surface area contributed by atoms with E-state index in [9.17, 15) is 14.4 Å². The first-order chi connectivity index (χ1) is 13.1. The molecule has 1 saturated heterocycles. The van der Waals surface area contributed by atoms with Gasteiger partial charge < -0.3 is 10.2 Å². The summed E-state index contributed by atoms with van der Waals surface area (Å²) in [6.07, 6.45) is 6.62. The van der Waals surface area contributed by atoms with Crippen LogP contribution >= 0.6 is 0 Å². The van der Waals surface area contributed by atoms with Gasteiger partial charge in [0.1, 0.15) is 0 Å². The number of Topliss-reactive ketones (excluding diaryl/α,β-unsaturated/α-hetero) is 1. The van der Waals surface area contributed by atoms with Crippen LogP contribution in [0.5, 0.6) is 0 Å². The van der Waals surface area contributed by atoms with Gasteiger partial charge in [-0.3, -0.25) is 14.4 Å². The van der Waals surface area contributed by atoms with E-state index >= 15 is 0 Å². The van der Waals surface area contributed by atoms with E-state index in [2.05, 4.69) is 12.2 Å². The summed E-state index contributed by atoms with van der Waals surface area (Å²) in [5.74, 6) is -0.106. The number of amides is 2. The number of benzene rings is 1. The van der Waals surface area contributed by atoms with E-state index < -0.39 is 0 Å². The molecule has 27 heavy (non-hydrogen) atoms. The van der Waals surface area contributed by atoms with E-state index in [1.807, 2.05) is 18.2 Å². The highest BCUT2D eigenvalue weighted by atomic mass is 16.2. The minimum atomic E-state index is -0.126. The molecule has 1 aliphatic rings. The molecule has 1 N–H and O–H groups in total. The summed E-state index contributed by atoms with van der Waals surface area (Å²) in [4.78, 5) is 38.7. The number of hydrogen-bond donors (Lipinski definition) is 1. The van der Waals surface area contributed by atoms with E-state index in [4.69, 9.17) is 0 Å². The summed E-state index contributed by atoms with van der Waals surface area (Å²) in [7, 11) is 0. The quantitative estimate of drug-likeness (QED) is 0.504. The minimum absolute atomic E-state index is 0.0117. The average Bonchev–Trinajstić information content (AvgIpc) is 2.72. The molecule has 1 aromatic rings. The third kappa shape index (κ3) is 7.16. The molecule has 5 heteroatoms. The highest BCUT2D eigenvalue weighted by Gasteiger charge is 2.28. The van der Waals surface area contributed by atoms with Gasteiger partial charge in [0.05, 0.1) is 5.92 Å². The van der Waals surface area contributed by atoms with Crippen LogP contribution < -0.4 is 5.32 Å². The van der Waals surface area contributed by atoms with Crippen LogP contribution in [-0.2, 0) is 9.59 Å². The van der Waals surface area contributed by atoms with E-state index in [0.29, 0.717) is 18.7 Å². The van der Waals surface area contributed by atoms with E-state index in [-0.39, 0.29) is 36.4 Å². The third-order valence-electron chi connectivity index (χ3n) is 5.14. The van der Waals surface area contributed by atoms with Crippen LogP contribution in [0, 0.1) is 5.92 Å². The smallest absolute Gasteiger partial charge is 0.224 e. The zero-order valence-corrected chi connectivity index (χ0v) is 16.4. The van der Waals surface area contributed by atoms with Crippen molar-refractivity contribution in [2.75, 3.05) is 19.6 Å². The van der Waals surface area contributed by atoms with Crippen molar-refractivity contribution in [3.63, 3.8) is 0 Å². The Kier molecular flexibility index (Phi) is 9.02. The molecule has 2 amide bonds. The lowest BCUT2D eigenvalue weighted by Crippen LogP contribution is -2.45. The van der Waals surface area contributed by atoms with Crippen LogP contribution in [0.3, 0.4) is 0 Å². The van der Waals surface area contributed by atoms with Crippen LogP contribution in [0.1, 0.15) is 68.6 Å². The lowest BCUT2D eigenvalue weighted by Gasteiger charge is -2.32. The van der Waals surface area contributed by atoms with E-state index in [1.165, 1.54) is 12.8 Å². The zero-order chi connectivity index (χ0) is 19.5. The van der Waals surface area contributed by atoms with Gasteiger partial charge in [-0.05, 0) is 19.3 Å². The third-order valence-corrected chi connectivity index (χ3v) is 5.14. The van der Waals surface area contributed by atoms with Crippen molar-refractivity contribution in [2.45, 2.75) is 58.3 Å². The molecule has 1 atom stereocenters. The van der Waals surface area contributed by atoms with Crippen molar-refractivity contribution in [2.24, 2.45) is 5.92 Å². The Balaban J connectivity index is 1.73. The van der Waals surface area contributed by atoms with Crippen molar-refractivity contribution in [1.82, 2.24) is 10.2 Å². The van der Waals surface area contributed by atoms with Gasteiger partial charge in [0, 0.05) is 38.0 Å². The van der Waals surface area contributed by atoms with Gasteiger partial charge in [-0.2, -0.15) is 0 Å². The first kappa shape index (κ1) is 21.1. The van der Waals surface area contributed by atoms with Crippen LogP contribution in [0.25, 0.3) is 0 Å². The van der Waals surface area contributed by atoms with Crippen molar-refractivity contribution in [3.8, 4) is 0 Å². The van der Waals surface area contributed by atoms with Crippen molar-refractivity contribution in [1.29, 1.82) is 0 Å². The molecule has 5 nitrogen and oxygen atoms in total. The minimum Gasteiger partial charge on any atom is -0.356 e. The highest BCUT2D eigenvalue weighted by molar-refractivity contribution is 5.97. The van der Waals surface area contributed by atoms with Crippen molar-refractivity contribution < 1.29 is 14.4 Å². The van der Waals surface area contributed by atoms with Gasteiger partial charge in [-0.25, -0.2) is 0 Å². The van der Waals surface area contributed by atoms with Gasteiger partial charge in [-0.15, -0.1) is 0 Å². The predicted octanol–water partition coefficient (Wildman–Crippen LogP) is 3.58. The fraction of sp³-hybridized carbons (Fsp3) is 0.591. The number of hydrogen-bond acceptors (Lipinski definition) is 3. The van der Waals surface area contributed by atoms with E-state index in [0.717, 1.165) is 32.2 Å². The number of carbonyl (C=O) groups excluding carboxylic acids is 3. The fourth-order valence-corrected chi connectivity index (χ4v) is 3.47. The number of carbonyl (C=O) groups is 3. The Morgan fingerprint density at radius 2 is 1.85 bits per heavy atom. The molecule has 1 unspecified atom stereocenters. The summed E-state index contributed by atoms with van der Waals surface area (Å²) in [6.45, 7) is 4.03. The molecule has 1 aliphatic heterocycles. The van der Waals surface area contributed by atoms with Crippen LogP contribution in [-0.4, -0.2) is 42.1 Å².